The number of H-pyrrole nitrogens is 1. The quantitative estimate of drug-likeness (QED) is 0.743. The standard InChI is InChI=1S/C19H25N3O4/c23-16-8-7-14(17(22-16)15-6-3-9-26-15)21-19(25)12-10-11-4-1-2-5-13(11)20-18(12)24/h10,14-15,17H,1-9H2,(H,20,24)(H,21,25)(H,22,23). The molecule has 140 valence electrons. The molecule has 7 nitrogen and oxygen atoms in total. The van der Waals surface area contributed by atoms with E-state index < -0.39 is 0 Å². The fourth-order valence-electron chi connectivity index (χ4n) is 4.31. The molecule has 2 fully saturated rings. The van der Waals surface area contributed by atoms with Gasteiger partial charge in [-0.25, -0.2) is 0 Å². The fourth-order valence-corrected chi connectivity index (χ4v) is 4.31. The first-order valence-electron chi connectivity index (χ1n) is 9.59. The lowest BCUT2D eigenvalue weighted by atomic mass is 9.91. The highest BCUT2D eigenvalue weighted by Crippen LogP contribution is 2.23. The maximum Gasteiger partial charge on any atom is 0.261 e. The number of piperidine rings is 1. The Morgan fingerprint density at radius 3 is 2.77 bits per heavy atom. The third kappa shape index (κ3) is 3.40. The first-order chi connectivity index (χ1) is 12.6. The number of aromatic amines is 1. The van der Waals surface area contributed by atoms with Gasteiger partial charge < -0.3 is 20.4 Å². The first kappa shape index (κ1) is 17.3. The highest BCUT2D eigenvalue weighted by atomic mass is 16.5. The molecule has 1 aromatic rings. The second-order valence-corrected chi connectivity index (χ2v) is 7.49. The maximum atomic E-state index is 12.8. The van der Waals surface area contributed by atoms with Crippen molar-refractivity contribution >= 4 is 11.8 Å². The normalized spacial score (nSPS) is 28.3. The minimum atomic E-state index is -0.372. The molecule has 3 aliphatic rings. The van der Waals surface area contributed by atoms with E-state index in [2.05, 4.69) is 15.6 Å². The van der Waals surface area contributed by atoms with Crippen molar-refractivity contribution in [3.8, 4) is 0 Å². The molecule has 0 saturated carbocycles. The van der Waals surface area contributed by atoms with Gasteiger partial charge in [-0.05, 0) is 56.6 Å². The molecular formula is C19H25N3O4. The van der Waals surface area contributed by atoms with Crippen molar-refractivity contribution in [2.75, 3.05) is 6.61 Å². The number of fused-ring (bicyclic) bond motifs is 1. The number of nitrogens with one attached hydrogen (secondary N) is 3. The number of pyridine rings is 1. The van der Waals surface area contributed by atoms with Crippen LogP contribution in [0.3, 0.4) is 0 Å². The highest BCUT2D eigenvalue weighted by molar-refractivity contribution is 5.94. The number of rotatable bonds is 3. The molecule has 3 atom stereocenters. The molecule has 0 bridgehead atoms. The Morgan fingerprint density at radius 2 is 1.96 bits per heavy atom. The summed E-state index contributed by atoms with van der Waals surface area (Å²) in [5.41, 5.74) is 1.85. The van der Waals surface area contributed by atoms with Crippen molar-refractivity contribution in [1.82, 2.24) is 15.6 Å². The monoisotopic (exact) mass is 359 g/mol. The molecule has 2 amide bonds. The van der Waals surface area contributed by atoms with Crippen LogP contribution in [0.1, 0.15) is 60.1 Å². The molecule has 2 saturated heterocycles. The Kier molecular flexibility index (Phi) is 4.80. The van der Waals surface area contributed by atoms with Crippen molar-refractivity contribution in [3.05, 3.63) is 33.2 Å². The van der Waals surface area contributed by atoms with Crippen LogP contribution < -0.4 is 16.2 Å². The SMILES string of the molecule is O=C1CCC(NC(=O)c2cc3c([nH]c2=O)CCCC3)C(C2CCCO2)N1. The number of hydrogen-bond donors (Lipinski definition) is 3. The number of carbonyl (C=O) groups is 2. The van der Waals surface area contributed by atoms with Crippen LogP contribution in [0.15, 0.2) is 10.9 Å². The van der Waals surface area contributed by atoms with E-state index in [-0.39, 0.29) is 41.1 Å². The fraction of sp³-hybridized carbons (Fsp3) is 0.632. The number of ether oxygens (including phenoxy) is 1. The summed E-state index contributed by atoms with van der Waals surface area (Å²) >= 11 is 0. The van der Waals surface area contributed by atoms with Crippen LogP contribution in [0.2, 0.25) is 0 Å². The van der Waals surface area contributed by atoms with E-state index >= 15 is 0 Å². The third-order valence-electron chi connectivity index (χ3n) is 5.71. The van der Waals surface area contributed by atoms with Crippen LogP contribution in [0.4, 0.5) is 0 Å². The average Bonchev–Trinajstić information content (AvgIpc) is 3.17. The van der Waals surface area contributed by atoms with Crippen molar-refractivity contribution in [2.24, 2.45) is 0 Å². The maximum absolute atomic E-state index is 12.8. The molecule has 4 rings (SSSR count). The van der Waals surface area contributed by atoms with Crippen LogP contribution in [0.25, 0.3) is 0 Å². The van der Waals surface area contributed by atoms with Gasteiger partial charge in [0, 0.05) is 18.7 Å². The Bertz CT molecular complexity index is 767. The number of aryl methyl sites for hydroxylation is 2. The van der Waals surface area contributed by atoms with Gasteiger partial charge in [-0.15, -0.1) is 0 Å². The van der Waals surface area contributed by atoms with E-state index in [4.69, 9.17) is 4.74 Å². The molecular weight excluding hydrogens is 334 g/mol. The molecule has 2 aliphatic heterocycles. The van der Waals surface area contributed by atoms with Gasteiger partial charge in [0.25, 0.3) is 11.5 Å². The highest BCUT2D eigenvalue weighted by Gasteiger charge is 2.38. The Labute approximate surface area is 151 Å². The van der Waals surface area contributed by atoms with Gasteiger partial charge >= 0.3 is 0 Å². The molecule has 0 aromatic carbocycles. The van der Waals surface area contributed by atoms with E-state index in [0.717, 1.165) is 49.8 Å². The third-order valence-corrected chi connectivity index (χ3v) is 5.71. The summed E-state index contributed by atoms with van der Waals surface area (Å²) in [7, 11) is 0. The molecule has 3 unspecified atom stereocenters. The number of carbonyl (C=O) groups excluding carboxylic acids is 2. The lowest BCUT2D eigenvalue weighted by molar-refractivity contribution is -0.125. The number of aromatic nitrogens is 1. The van der Waals surface area contributed by atoms with Gasteiger partial charge in [-0.3, -0.25) is 14.4 Å². The topological polar surface area (TPSA) is 100 Å². The van der Waals surface area contributed by atoms with Crippen molar-refractivity contribution in [3.63, 3.8) is 0 Å². The number of hydrogen-bond acceptors (Lipinski definition) is 4. The van der Waals surface area contributed by atoms with Gasteiger partial charge in [0.05, 0.1) is 18.2 Å². The predicted molar refractivity (Wildman–Crippen MR) is 95.1 cm³/mol. The zero-order valence-corrected chi connectivity index (χ0v) is 14.8. The van der Waals surface area contributed by atoms with Gasteiger partial charge in [0.2, 0.25) is 5.91 Å². The Hall–Kier alpha value is -2.15. The van der Waals surface area contributed by atoms with Gasteiger partial charge in [0.15, 0.2) is 0 Å². The molecule has 0 spiro atoms. The first-order valence-corrected chi connectivity index (χ1v) is 9.59. The second-order valence-electron chi connectivity index (χ2n) is 7.49. The molecule has 1 aliphatic carbocycles. The van der Waals surface area contributed by atoms with Crippen LogP contribution in [-0.2, 0) is 22.4 Å². The van der Waals surface area contributed by atoms with Crippen LogP contribution in [0.5, 0.6) is 0 Å². The zero-order valence-electron chi connectivity index (χ0n) is 14.8. The number of amides is 2. The van der Waals surface area contributed by atoms with Crippen molar-refractivity contribution < 1.29 is 14.3 Å². The molecule has 7 heteroatoms. The minimum Gasteiger partial charge on any atom is -0.376 e. The molecule has 3 heterocycles. The molecule has 3 N–H and O–H groups in total. The van der Waals surface area contributed by atoms with Gasteiger partial charge in [-0.2, -0.15) is 0 Å². The van der Waals surface area contributed by atoms with E-state index in [9.17, 15) is 14.4 Å². The molecule has 0 radical (unpaired) electrons. The summed E-state index contributed by atoms with van der Waals surface area (Å²) < 4.78 is 5.72. The van der Waals surface area contributed by atoms with Crippen LogP contribution >= 0.6 is 0 Å². The smallest absolute Gasteiger partial charge is 0.261 e. The van der Waals surface area contributed by atoms with Crippen LogP contribution in [-0.4, -0.2) is 41.6 Å². The lowest BCUT2D eigenvalue weighted by Crippen LogP contribution is -2.60. The van der Waals surface area contributed by atoms with Crippen molar-refractivity contribution in [1.29, 1.82) is 0 Å². The van der Waals surface area contributed by atoms with E-state index in [1.807, 2.05) is 0 Å². The zero-order chi connectivity index (χ0) is 18.1. The average molecular weight is 359 g/mol. The minimum absolute atomic E-state index is 0.0115. The van der Waals surface area contributed by atoms with Gasteiger partial charge in [-0.1, -0.05) is 0 Å². The van der Waals surface area contributed by atoms with Gasteiger partial charge in [0.1, 0.15) is 5.56 Å². The largest absolute Gasteiger partial charge is 0.376 e. The Balaban J connectivity index is 1.53. The predicted octanol–water partition coefficient (Wildman–Crippen LogP) is 0.810. The Morgan fingerprint density at radius 1 is 1.12 bits per heavy atom. The lowest BCUT2D eigenvalue weighted by Gasteiger charge is -2.36. The summed E-state index contributed by atoms with van der Waals surface area (Å²) in [6, 6.07) is 1.28. The molecule has 1 aromatic heterocycles. The summed E-state index contributed by atoms with van der Waals surface area (Å²) in [5.74, 6) is -0.383. The van der Waals surface area contributed by atoms with E-state index in [0.29, 0.717) is 19.4 Å². The summed E-state index contributed by atoms with van der Waals surface area (Å²) in [5, 5.41) is 5.94. The van der Waals surface area contributed by atoms with Crippen LogP contribution in [0, 0.1) is 0 Å². The van der Waals surface area contributed by atoms with E-state index in [1.165, 1.54) is 0 Å². The summed E-state index contributed by atoms with van der Waals surface area (Å²) in [6.07, 6.45) is 6.59. The second kappa shape index (κ2) is 7.23. The van der Waals surface area contributed by atoms with Crippen molar-refractivity contribution in [2.45, 2.75) is 69.6 Å². The molecule has 26 heavy (non-hydrogen) atoms. The van der Waals surface area contributed by atoms with E-state index in [1.54, 1.807) is 6.07 Å². The summed E-state index contributed by atoms with van der Waals surface area (Å²) in [6.45, 7) is 0.683. The summed E-state index contributed by atoms with van der Waals surface area (Å²) in [4.78, 5) is 39.8.